The van der Waals surface area contributed by atoms with Crippen LogP contribution in [-0.2, 0) is 4.79 Å². The van der Waals surface area contributed by atoms with Crippen LogP contribution in [0.25, 0.3) is 0 Å². The number of carbonyl (C=O) groups is 2. The lowest BCUT2D eigenvalue weighted by atomic mass is 9.81. The summed E-state index contributed by atoms with van der Waals surface area (Å²) >= 11 is 0. The molecule has 3 heteroatoms. The molecular weight excluding hydrogens is 348 g/mol. The number of Topliss-reactive ketones (excluding diaryl/α,β-unsaturated/α-hetero) is 2. The Kier molecular flexibility index (Phi) is 7.56. The highest BCUT2D eigenvalue weighted by Gasteiger charge is 2.27. The van der Waals surface area contributed by atoms with E-state index >= 15 is 0 Å². The fraction of sp³-hybridized carbons (Fsp3) is 0.440. The lowest BCUT2D eigenvalue weighted by molar-refractivity contribution is -0.127. The summed E-state index contributed by atoms with van der Waals surface area (Å²) in [7, 11) is 0. The molecule has 0 heterocycles. The minimum Gasteiger partial charge on any atom is -0.493 e. The summed E-state index contributed by atoms with van der Waals surface area (Å²) in [6, 6.07) is 13.7. The molecule has 0 radical (unpaired) electrons. The van der Waals surface area contributed by atoms with Crippen LogP contribution >= 0.6 is 0 Å². The van der Waals surface area contributed by atoms with Gasteiger partial charge in [0, 0.05) is 23.8 Å². The topological polar surface area (TPSA) is 43.4 Å². The van der Waals surface area contributed by atoms with Crippen molar-refractivity contribution in [3.63, 3.8) is 0 Å². The van der Waals surface area contributed by atoms with Gasteiger partial charge in [-0.25, -0.2) is 0 Å². The van der Waals surface area contributed by atoms with Gasteiger partial charge in [0.2, 0.25) is 0 Å². The van der Waals surface area contributed by atoms with E-state index in [0.29, 0.717) is 12.2 Å². The van der Waals surface area contributed by atoms with E-state index in [9.17, 15) is 9.59 Å². The van der Waals surface area contributed by atoms with Gasteiger partial charge in [0.05, 0.1) is 6.61 Å². The lowest BCUT2D eigenvalue weighted by Crippen LogP contribution is -2.25. The van der Waals surface area contributed by atoms with Crippen molar-refractivity contribution in [2.45, 2.75) is 60.3 Å². The zero-order valence-corrected chi connectivity index (χ0v) is 17.8. The van der Waals surface area contributed by atoms with Crippen LogP contribution in [0.4, 0.5) is 0 Å². The predicted octanol–water partition coefficient (Wildman–Crippen LogP) is 6.03. The zero-order chi connectivity index (χ0) is 20.7. The maximum atomic E-state index is 12.6. The van der Waals surface area contributed by atoms with Gasteiger partial charge in [-0.2, -0.15) is 0 Å². The summed E-state index contributed by atoms with van der Waals surface area (Å²) in [5.41, 5.74) is 3.65. The first-order chi connectivity index (χ1) is 13.2. The molecule has 0 aromatic heterocycles. The summed E-state index contributed by atoms with van der Waals surface area (Å²) in [5, 5.41) is 0. The Hall–Kier alpha value is -2.42. The Morgan fingerprint density at radius 2 is 1.54 bits per heavy atom. The molecule has 0 amide bonds. The quantitative estimate of drug-likeness (QED) is 0.373. The van der Waals surface area contributed by atoms with Gasteiger partial charge in [0.15, 0.2) is 5.78 Å². The second kappa shape index (κ2) is 9.68. The monoisotopic (exact) mass is 380 g/mol. The van der Waals surface area contributed by atoms with E-state index in [2.05, 4.69) is 12.1 Å². The summed E-state index contributed by atoms with van der Waals surface area (Å²) in [6.45, 7) is 10.6. The van der Waals surface area contributed by atoms with Crippen molar-refractivity contribution in [1.29, 1.82) is 0 Å². The number of hydrogen-bond acceptors (Lipinski definition) is 3. The van der Waals surface area contributed by atoms with Gasteiger partial charge in [0.1, 0.15) is 11.5 Å². The fourth-order valence-electron chi connectivity index (χ4n) is 3.15. The molecule has 0 bridgehead atoms. The van der Waals surface area contributed by atoms with Crippen molar-refractivity contribution in [2.24, 2.45) is 5.41 Å². The Bertz CT molecular complexity index is 816. The molecule has 0 saturated heterocycles. The molecule has 2 aromatic rings. The lowest BCUT2D eigenvalue weighted by Gasteiger charge is -2.23. The summed E-state index contributed by atoms with van der Waals surface area (Å²) in [4.78, 5) is 24.9. The standard InChI is InChI=1S/C25H32O3/c1-18-8-11-21(12-9-18)22(26)13-14-24(27)25(4,5)15-6-16-28-23-17-19(2)7-10-20(23)3/h7-12,17H,6,13-16H2,1-5H3. The van der Waals surface area contributed by atoms with Crippen LogP contribution in [0.2, 0.25) is 0 Å². The van der Waals surface area contributed by atoms with E-state index in [1.54, 1.807) is 0 Å². The fourth-order valence-corrected chi connectivity index (χ4v) is 3.15. The van der Waals surface area contributed by atoms with Crippen molar-refractivity contribution in [2.75, 3.05) is 6.61 Å². The molecule has 28 heavy (non-hydrogen) atoms. The van der Waals surface area contributed by atoms with Crippen molar-refractivity contribution in [3.05, 3.63) is 64.7 Å². The number of aryl methyl sites for hydroxylation is 3. The van der Waals surface area contributed by atoms with E-state index < -0.39 is 5.41 Å². The molecule has 0 spiro atoms. The third-order valence-corrected chi connectivity index (χ3v) is 5.25. The normalized spacial score (nSPS) is 11.3. The second-order valence-corrected chi connectivity index (χ2v) is 8.32. The van der Waals surface area contributed by atoms with Gasteiger partial charge >= 0.3 is 0 Å². The van der Waals surface area contributed by atoms with Crippen LogP contribution < -0.4 is 4.74 Å². The van der Waals surface area contributed by atoms with Crippen molar-refractivity contribution in [3.8, 4) is 5.75 Å². The molecule has 0 aliphatic rings. The first kappa shape index (κ1) is 21.9. The minimum absolute atomic E-state index is 0.0300. The van der Waals surface area contributed by atoms with Gasteiger partial charge in [-0.15, -0.1) is 0 Å². The first-order valence-electron chi connectivity index (χ1n) is 10.0. The van der Waals surface area contributed by atoms with Gasteiger partial charge < -0.3 is 4.74 Å². The molecule has 0 aliphatic heterocycles. The predicted molar refractivity (Wildman–Crippen MR) is 114 cm³/mol. The molecule has 3 nitrogen and oxygen atoms in total. The number of hydrogen-bond donors (Lipinski definition) is 0. The molecule has 0 aliphatic carbocycles. The SMILES string of the molecule is Cc1ccc(C(=O)CCC(=O)C(C)(C)CCCOc2cc(C)ccc2C)cc1. The highest BCUT2D eigenvalue weighted by atomic mass is 16.5. The summed E-state index contributed by atoms with van der Waals surface area (Å²) in [5.74, 6) is 1.08. The number of benzene rings is 2. The average molecular weight is 381 g/mol. The maximum Gasteiger partial charge on any atom is 0.163 e. The molecule has 150 valence electrons. The van der Waals surface area contributed by atoms with Crippen LogP contribution in [0.3, 0.4) is 0 Å². The molecule has 0 unspecified atom stereocenters. The molecular formula is C25H32O3. The van der Waals surface area contributed by atoms with E-state index in [0.717, 1.165) is 29.7 Å². The largest absolute Gasteiger partial charge is 0.493 e. The number of rotatable bonds is 10. The number of ketones is 2. The van der Waals surface area contributed by atoms with Gasteiger partial charge in [0.25, 0.3) is 0 Å². The van der Waals surface area contributed by atoms with Gasteiger partial charge in [-0.1, -0.05) is 55.8 Å². The first-order valence-corrected chi connectivity index (χ1v) is 10.0. The number of carbonyl (C=O) groups excluding carboxylic acids is 2. The van der Waals surface area contributed by atoms with E-state index in [1.165, 1.54) is 5.56 Å². The van der Waals surface area contributed by atoms with Gasteiger partial charge in [-0.3, -0.25) is 9.59 Å². The molecule has 0 fully saturated rings. The van der Waals surface area contributed by atoms with Crippen molar-refractivity contribution >= 4 is 11.6 Å². The van der Waals surface area contributed by atoms with Crippen LogP contribution in [0.1, 0.15) is 66.6 Å². The summed E-state index contributed by atoms with van der Waals surface area (Å²) < 4.78 is 5.89. The van der Waals surface area contributed by atoms with E-state index in [-0.39, 0.29) is 24.4 Å². The molecule has 0 N–H and O–H groups in total. The smallest absolute Gasteiger partial charge is 0.163 e. The van der Waals surface area contributed by atoms with Crippen LogP contribution in [-0.4, -0.2) is 18.2 Å². The van der Waals surface area contributed by atoms with Crippen molar-refractivity contribution in [1.82, 2.24) is 0 Å². The van der Waals surface area contributed by atoms with Gasteiger partial charge in [-0.05, 0) is 50.8 Å². The van der Waals surface area contributed by atoms with Crippen molar-refractivity contribution < 1.29 is 14.3 Å². The second-order valence-electron chi connectivity index (χ2n) is 8.32. The zero-order valence-electron chi connectivity index (χ0n) is 17.8. The third-order valence-electron chi connectivity index (χ3n) is 5.25. The number of ether oxygens (including phenoxy) is 1. The van der Waals surface area contributed by atoms with E-state index in [1.807, 2.05) is 65.0 Å². The Labute approximate surface area is 169 Å². The molecule has 0 saturated carbocycles. The maximum absolute atomic E-state index is 12.6. The Morgan fingerprint density at radius 1 is 0.893 bits per heavy atom. The molecule has 2 aromatic carbocycles. The van der Waals surface area contributed by atoms with E-state index in [4.69, 9.17) is 4.74 Å². The molecule has 2 rings (SSSR count). The highest BCUT2D eigenvalue weighted by molar-refractivity contribution is 5.98. The average Bonchev–Trinajstić information content (AvgIpc) is 2.66. The van der Waals surface area contributed by atoms with Crippen LogP contribution in [0.15, 0.2) is 42.5 Å². The van der Waals surface area contributed by atoms with Crippen LogP contribution in [0.5, 0.6) is 5.75 Å². The highest BCUT2D eigenvalue weighted by Crippen LogP contribution is 2.27. The Morgan fingerprint density at radius 3 is 2.21 bits per heavy atom. The third kappa shape index (κ3) is 6.33. The van der Waals surface area contributed by atoms with Crippen LogP contribution in [0, 0.1) is 26.2 Å². The molecule has 0 atom stereocenters. The minimum atomic E-state index is -0.446. The Balaban J connectivity index is 1.78. The summed E-state index contributed by atoms with van der Waals surface area (Å²) in [6.07, 6.45) is 2.11.